The third-order valence-corrected chi connectivity index (χ3v) is 6.79. The first-order valence-electron chi connectivity index (χ1n) is 10.7. The molecule has 1 aliphatic carbocycles. The molecule has 1 fully saturated rings. The lowest BCUT2D eigenvalue weighted by Gasteiger charge is -2.46. The maximum Gasteiger partial charge on any atom is 0.126 e. The lowest BCUT2D eigenvalue weighted by atomic mass is 9.62. The van der Waals surface area contributed by atoms with Crippen LogP contribution in [-0.2, 0) is 4.79 Å². The second-order valence-electron chi connectivity index (χ2n) is 9.34. The highest BCUT2D eigenvalue weighted by Crippen LogP contribution is 2.52. The Hall–Kier alpha value is -2.16. The molecule has 0 radical (unpaired) electrons. The van der Waals surface area contributed by atoms with Crippen molar-refractivity contribution in [3.63, 3.8) is 0 Å². The van der Waals surface area contributed by atoms with Gasteiger partial charge >= 0.3 is 0 Å². The third kappa shape index (κ3) is 4.88. The van der Waals surface area contributed by atoms with Crippen LogP contribution >= 0.6 is 0 Å². The van der Waals surface area contributed by atoms with Crippen LogP contribution in [0, 0.1) is 11.3 Å². The molecule has 1 aliphatic rings. The molecule has 3 unspecified atom stereocenters. The lowest BCUT2D eigenvalue weighted by Crippen LogP contribution is -2.45. The smallest absolute Gasteiger partial charge is 0.126 e. The van der Waals surface area contributed by atoms with E-state index in [1.807, 2.05) is 51.1 Å². The van der Waals surface area contributed by atoms with Gasteiger partial charge in [-0.2, -0.15) is 0 Å². The van der Waals surface area contributed by atoms with Crippen molar-refractivity contribution < 1.29 is 13.9 Å². The molecule has 2 nitrogen and oxygen atoms in total. The zero-order chi connectivity index (χ0) is 21.1. The Kier molecular flexibility index (Phi) is 6.45. The average Bonchev–Trinajstić information content (AvgIpc) is 2.73. The van der Waals surface area contributed by atoms with Crippen LogP contribution in [0.25, 0.3) is 0 Å². The van der Waals surface area contributed by atoms with E-state index in [0.29, 0.717) is 18.9 Å². The molecule has 2 aromatic rings. The normalized spacial score (nSPS) is 25.1. The van der Waals surface area contributed by atoms with Crippen LogP contribution in [0.3, 0.4) is 0 Å². The molecule has 0 aliphatic heterocycles. The molecule has 0 N–H and O–H groups in total. The molecule has 0 amide bonds. The Morgan fingerprint density at radius 2 is 1.83 bits per heavy atom. The summed E-state index contributed by atoms with van der Waals surface area (Å²) in [7, 11) is 0. The van der Waals surface area contributed by atoms with Gasteiger partial charge in [-0.05, 0) is 67.2 Å². The predicted molar refractivity (Wildman–Crippen MR) is 116 cm³/mol. The van der Waals surface area contributed by atoms with Gasteiger partial charge in [-0.15, -0.1) is 0 Å². The second-order valence-corrected chi connectivity index (χ2v) is 9.34. The van der Waals surface area contributed by atoms with Gasteiger partial charge in [0.25, 0.3) is 0 Å². The van der Waals surface area contributed by atoms with E-state index in [2.05, 4.69) is 24.3 Å². The van der Waals surface area contributed by atoms with Crippen LogP contribution in [0.5, 0.6) is 5.75 Å². The Labute approximate surface area is 174 Å². The molecule has 1 saturated carbocycles. The Bertz CT molecular complexity index is 795. The average molecular weight is 397 g/mol. The van der Waals surface area contributed by atoms with Crippen molar-refractivity contribution in [2.45, 2.75) is 64.5 Å². The summed E-state index contributed by atoms with van der Waals surface area (Å²) in [6.07, 6.45) is 3.43. The highest BCUT2D eigenvalue weighted by molar-refractivity contribution is 5.60. The van der Waals surface area contributed by atoms with Gasteiger partial charge in [-0.3, -0.25) is 0 Å². The fraction of sp³-hybridized carbons (Fsp3) is 0.500. The summed E-state index contributed by atoms with van der Waals surface area (Å²) in [6.45, 7) is 8.30. The zero-order valence-corrected chi connectivity index (χ0v) is 18.0. The van der Waals surface area contributed by atoms with Crippen molar-refractivity contribution in [1.29, 1.82) is 0 Å². The molecule has 0 spiro atoms. The molecule has 3 rings (SSSR count). The molecule has 4 atom stereocenters. The molecule has 156 valence electrons. The molecular weight excluding hydrogens is 363 g/mol. The maximum absolute atomic E-state index is 14.1. The zero-order valence-electron chi connectivity index (χ0n) is 18.0. The lowest BCUT2D eigenvalue weighted by molar-refractivity contribution is -0.115. The van der Waals surface area contributed by atoms with Crippen LogP contribution in [0.2, 0.25) is 0 Å². The highest BCUT2D eigenvalue weighted by Gasteiger charge is 2.48. The summed E-state index contributed by atoms with van der Waals surface area (Å²) in [6, 6.07) is 18.3. The van der Waals surface area contributed by atoms with Crippen LogP contribution in [0.4, 0.5) is 4.39 Å². The molecule has 3 heteroatoms. The largest absolute Gasteiger partial charge is 0.494 e. The van der Waals surface area contributed by atoms with E-state index in [0.717, 1.165) is 24.9 Å². The van der Waals surface area contributed by atoms with E-state index < -0.39 is 11.1 Å². The van der Waals surface area contributed by atoms with Crippen molar-refractivity contribution in [1.82, 2.24) is 0 Å². The summed E-state index contributed by atoms with van der Waals surface area (Å²) in [5, 5.41) is 0. The van der Waals surface area contributed by atoms with Gasteiger partial charge in [0.2, 0.25) is 0 Å². The number of alkyl halides is 1. The standard InChI is InChI=1S/C26H33FO2/c1-19-23(17-26(19,4)27)20-12-14-22(15-13-20)29-16-8-11-24(25(2,3)18-28)21-9-6-5-7-10-21/h5-7,9-10,12-15,18-19,23-24H,8,11,16-17H2,1-4H3/t19?,23-,24?,26?/m1/s1. The minimum absolute atomic E-state index is 0.0605. The summed E-state index contributed by atoms with van der Waals surface area (Å²) in [5.74, 6) is 1.37. The number of hydrogen-bond donors (Lipinski definition) is 0. The summed E-state index contributed by atoms with van der Waals surface area (Å²) in [4.78, 5) is 11.6. The van der Waals surface area contributed by atoms with Crippen LogP contribution in [0.15, 0.2) is 54.6 Å². The SMILES string of the molecule is CC1[C@H](c2ccc(OCCCC(c3ccccc3)C(C)(C)C=O)cc2)CC1(C)F. The molecular formula is C26H33FO2. The maximum atomic E-state index is 14.1. The van der Waals surface area contributed by atoms with Gasteiger partial charge in [-0.25, -0.2) is 4.39 Å². The van der Waals surface area contributed by atoms with Gasteiger partial charge in [-0.1, -0.05) is 63.2 Å². The molecule has 0 bridgehead atoms. The summed E-state index contributed by atoms with van der Waals surface area (Å²) in [5.41, 5.74) is 0.943. The first kappa shape index (κ1) is 21.5. The molecule has 0 saturated heterocycles. The number of ether oxygens (including phenoxy) is 1. The van der Waals surface area contributed by atoms with E-state index in [-0.39, 0.29) is 11.8 Å². The van der Waals surface area contributed by atoms with Crippen LogP contribution < -0.4 is 4.74 Å². The molecule has 29 heavy (non-hydrogen) atoms. The van der Waals surface area contributed by atoms with Gasteiger partial charge in [0.15, 0.2) is 0 Å². The number of carbonyl (C=O) groups excluding carboxylic acids is 1. The minimum Gasteiger partial charge on any atom is -0.494 e. The van der Waals surface area contributed by atoms with Gasteiger partial charge in [0, 0.05) is 5.41 Å². The van der Waals surface area contributed by atoms with Gasteiger partial charge in [0.05, 0.1) is 6.61 Å². The number of rotatable bonds is 9. The minimum atomic E-state index is -1.04. The van der Waals surface area contributed by atoms with Crippen molar-refractivity contribution in [2.75, 3.05) is 6.61 Å². The second kappa shape index (κ2) is 8.69. The van der Waals surface area contributed by atoms with Crippen molar-refractivity contribution >= 4 is 6.29 Å². The summed E-state index contributed by atoms with van der Waals surface area (Å²) >= 11 is 0. The first-order valence-corrected chi connectivity index (χ1v) is 10.7. The van der Waals surface area contributed by atoms with Crippen LogP contribution in [-0.4, -0.2) is 18.6 Å². The van der Waals surface area contributed by atoms with E-state index in [4.69, 9.17) is 4.74 Å². The first-order chi connectivity index (χ1) is 13.7. The van der Waals surface area contributed by atoms with E-state index in [1.54, 1.807) is 6.92 Å². The quantitative estimate of drug-likeness (QED) is 0.348. The highest BCUT2D eigenvalue weighted by atomic mass is 19.1. The van der Waals surface area contributed by atoms with E-state index in [1.165, 1.54) is 11.1 Å². The fourth-order valence-corrected chi connectivity index (χ4v) is 4.48. The third-order valence-electron chi connectivity index (χ3n) is 6.79. The van der Waals surface area contributed by atoms with Gasteiger partial charge < -0.3 is 9.53 Å². The Morgan fingerprint density at radius 3 is 2.38 bits per heavy atom. The van der Waals surface area contributed by atoms with E-state index in [9.17, 15) is 9.18 Å². The number of halogens is 1. The summed E-state index contributed by atoms with van der Waals surface area (Å²) < 4.78 is 20.0. The number of carbonyl (C=O) groups is 1. The molecule has 0 heterocycles. The van der Waals surface area contributed by atoms with Crippen molar-refractivity contribution in [3.8, 4) is 5.75 Å². The Balaban J connectivity index is 1.52. The number of aldehydes is 1. The van der Waals surface area contributed by atoms with Crippen molar-refractivity contribution in [3.05, 3.63) is 65.7 Å². The topological polar surface area (TPSA) is 26.3 Å². The van der Waals surface area contributed by atoms with E-state index >= 15 is 0 Å². The fourth-order valence-electron chi connectivity index (χ4n) is 4.48. The van der Waals surface area contributed by atoms with Gasteiger partial charge in [0.1, 0.15) is 17.7 Å². The molecule has 2 aromatic carbocycles. The molecule has 0 aromatic heterocycles. The monoisotopic (exact) mass is 396 g/mol. The van der Waals surface area contributed by atoms with Crippen molar-refractivity contribution in [2.24, 2.45) is 11.3 Å². The predicted octanol–water partition coefficient (Wildman–Crippen LogP) is 6.71. The Morgan fingerprint density at radius 1 is 1.17 bits per heavy atom. The number of benzene rings is 2. The van der Waals surface area contributed by atoms with Crippen LogP contribution in [0.1, 0.15) is 69.9 Å². The number of hydrogen-bond acceptors (Lipinski definition) is 2.